The van der Waals surface area contributed by atoms with Crippen LogP contribution in [0.1, 0.15) is 11.3 Å². The number of aryl methyl sites for hydroxylation is 1. The van der Waals surface area contributed by atoms with Crippen molar-refractivity contribution in [2.24, 2.45) is 0 Å². The van der Waals surface area contributed by atoms with Crippen molar-refractivity contribution in [1.82, 2.24) is 4.98 Å². The molecule has 2 aromatic rings. The van der Waals surface area contributed by atoms with Crippen LogP contribution in [-0.4, -0.2) is 4.98 Å². The van der Waals surface area contributed by atoms with Gasteiger partial charge in [0.05, 0.1) is 18.2 Å². The smallest absolute Gasteiger partial charge is 0.123 e. The number of benzene rings is 1. The van der Waals surface area contributed by atoms with Crippen molar-refractivity contribution in [3.63, 3.8) is 0 Å². The topological polar surface area (TPSA) is 36.7 Å². The maximum Gasteiger partial charge on any atom is 0.123 e. The van der Waals surface area contributed by atoms with Crippen molar-refractivity contribution in [3.05, 3.63) is 53.5 Å². The summed E-state index contributed by atoms with van der Waals surface area (Å²) < 4.78 is 12.8. The Labute approximate surface area is 99.4 Å². The maximum absolute atomic E-state index is 12.8. The molecule has 0 N–H and O–H groups in total. The molecule has 0 unspecified atom stereocenters. The number of halogens is 1. The lowest BCUT2D eigenvalue weighted by atomic mass is 10.1. The SMILES string of the molecule is Cc1nc(-c2ccc(F)cc2)ccc1CC#N. The van der Waals surface area contributed by atoms with E-state index in [1.165, 1.54) is 12.1 Å². The third kappa shape index (κ3) is 2.48. The minimum atomic E-state index is -0.258. The van der Waals surface area contributed by atoms with Gasteiger partial charge in [-0.3, -0.25) is 4.98 Å². The zero-order chi connectivity index (χ0) is 12.3. The van der Waals surface area contributed by atoms with Gasteiger partial charge in [-0.25, -0.2) is 4.39 Å². The predicted octanol–water partition coefficient (Wildman–Crippen LogP) is 3.26. The van der Waals surface area contributed by atoms with Gasteiger partial charge in [0, 0.05) is 11.3 Å². The number of pyridine rings is 1. The molecule has 0 amide bonds. The molecule has 2 rings (SSSR count). The lowest BCUT2D eigenvalue weighted by Crippen LogP contribution is -1.93. The van der Waals surface area contributed by atoms with Gasteiger partial charge >= 0.3 is 0 Å². The number of nitrogens with zero attached hydrogens (tertiary/aromatic N) is 2. The van der Waals surface area contributed by atoms with Crippen LogP contribution in [0.2, 0.25) is 0 Å². The summed E-state index contributed by atoms with van der Waals surface area (Å²) in [5, 5.41) is 8.64. The number of rotatable bonds is 2. The number of hydrogen-bond donors (Lipinski definition) is 0. The van der Waals surface area contributed by atoms with Crippen LogP contribution in [0.25, 0.3) is 11.3 Å². The molecule has 0 spiro atoms. The quantitative estimate of drug-likeness (QED) is 0.788. The summed E-state index contributed by atoms with van der Waals surface area (Å²) in [6.07, 6.45) is 0.364. The van der Waals surface area contributed by atoms with Crippen LogP contribution in [-0.2, 0) is 6.42 Å². The van der Waals surface area contributed by atoms with Crippen molar-refractivity contribution in [3.8, 4) is 17.3 Å². The van der Waals surface area contributed by atoms with Crippen LogP contribution >= 0.6 is 0 Å². The lowest BCUT2D eigenvalue weighted by Gasteiger charge is -2.05. The molecule has 84 valence electrons. The van der Waals surface area contributed by atoms with E-state index in [0.717, 1.165) is 22.5 Å². The van der Waals surface area contributed by atoms with Gasteiger partial charge in [0.25, 0.3) is 0 Å². The zero-order valence-electron chi connectivity index (χ0n) is 9.44. The number of aromatic nitrogens is 1. The Bertz CT molecular complexity index is 568. The lowest BCUT2D eigenvalue weighted by molar-refractivity contribution is 0.628. The molecule has 0 aliphatic rings. The fourth-order valence-corrected chi connectivity index (χ4v) is 1.64. The van der Waals surface area contributed by atoms with E-state index >= 15 is 0 Å². The molecule has 0 saturated carbocycles. The highest BCUT2D eigenvalue weighted by molar-refractivity contribution is 5.59. The van der Waals surface area contributed by atoms with Gasteiger partial charge in [0.15, 0.2) is 0 Å². The molecular formula is C14H11FN2. The van der Waals surface area contributed by atoms with E-state index in [9.17, 15) is 4.39 Å². The highest BCUT2D eigenvalue weighted by atomic mass is 19.1. The molecule has 0 aliphatic heterocycles. The Kier molecular flexibility index (Phi) is 3.15. The minimum Gasteiger partial charge on any atom is -0.253 e. The number of nitriles is 1. The first-order valence-electron chi connectivity index (χ1n) is 5.30. The molecule has 1 aromatic carbocycles. The highest BCUT2D eigenvalue weighted by Crippen LogP contribution is 2.19. The molecule has 2 nitrogen and oxygen atoms in total. The Morgan fingerprint density at radius 3 is 2.47 bits per heavy atom. The van der Waals surface area contributed by atoms with Crippen molar-refractivity contribution in [1.29, 1.82) is 5.26 Å². The molecule has 0 aliphatic carbocycles. The van der Waals surface area contributed by atoms with Gasteiger partial charge in [0.2, 0.25) is 0 Å². The molecule has 0 bridgehead atoms. The first-order valence-corrected chi connectivity index (χ1v) is 5.30. The van der Waals surface area contributed by atoms with Gasteiger partial charge in [-0.1, -0.05) is 6.07 Å². The number of hydrogen-bond acceptors (Lipinski definition) is 2. The van der Waals surface area contributed by atoms with E-state index in [0.29, 0.717) is 6.42 Å². The van der Waals surface area contributed by atoms with Gasteiger partial charge in [-0.15, -0.1) is 0 Å². The van der Waals surface area contributed by atoms with Gasteiger partial charge in [0.1, 0.15) is 5.82 Å². The minimum absolute atomic E-state index is 0.258. The molecule has 1 aromatic heterocycles. The van der Waals surface area contributed by atoms with Crippen LogP contribution in [0.15, 0.2) is 36.4 Å². The fraction of sp³-hybridized carbons (Fsp3) is 0.143. The summed E-state index contributed by atoms with van der Waals surface area (Å²) in [6, 6.07) is 12.1. The summed E-state index contributed by atoms with van der Waals surface area (Å²) in [7, 11) is 0. The van der Waals surface area contributed by atoms with Crippen LogP contribution in [0.5, 0.6) is 0 Å². The normalized spacial score (nSPS) is 9.94. The predicted molar refractivity (Wildman–Crippen MR) is 63.7 cm³/mol. The Morgan fingerprint density at radius 2 is 1.88 bits per heavy atom. The van der Waals surface area contributed by atoms with Crippen LogP contribution < -0.4 is 0 Å². The van der Waals surface area contributed by atoms with E-state index < -0.39 is 0 Å². The molecule has 0 fully saturated rings. The van der Waals surface area contributed by atoms with Crippen LogP contribution in [0, 0.1) is 24.1 Å². The second-order valence-corrected chi connectivity index (χ2v) is 3.78. The Balaban J connectivity index is 2.38. The molecule has 3 heteroatoms. The zero-order valence-corrected chi connectivity index (χ0v) is 9.44. The third-order valence-corrected chi connectivity index (χ3v) is 2.60. The largest absolute Gasteiger partial charge is 0.253 e. The average molecular weight is 226 g/mol. The Hall–Kier alpha value is -2.21. The maximum atomic E-state index is 12.8. The van der Waals surface area contributed by atoms with E-state index in [1.54, 1.807) is 12.1 Å². The molecule has 17 heavy (non-hydrogen) atoms. The molecule has 1 heterocycles. The molecular weight excluding hydrogens is 215 g/mol. The first-order chi connectivity index (χ1) is 8.20. The summed E-state index contributed by atoms with van der Waals surface area (Å²) in [5.74, 6) is -0.258. The third-order valence-electron chi connectivity index (χ3n) is 2.60. The average Bonchev–Trinajstić information content (AvgIpc) is 2.33. The van der Waals surface area contributed by atoms with Gasteiger partial charge in [-0.2, -0.15) is 5.26 Å². The van der Waals surface area contributed by atoms with Crippen LogP contribution in [0.3, 0.4) is 0 Å². The molecule has 0 radical (unpaired) electrons. The van der Waals surface area contributed by atoms with Crippen molar-refractivity contribution in [2.45, 2.75) is 13.3 Å². The van der Waals surface area contributed by atoms with E-state index in [4.69, 9.17) is 5.26 Å². The fourth-order valence-electron chi connectivity index (χ4n) is 1.64. The van der Waals surface area contributed by atoms with E-state index in [2.05, 4.69) is 11.1 Å². The summed E-state index contributed by atoms with van der Waals surface area (Å²) in [4.78, 5) is 4.42. The van der Waals surface area contributed by atoms with Crippen molar-refractivity contribution in [2.75, 3.05) is 0 Å². The summed E-state index contributed by atoms with van der Waals surface area (Å²) in [5.41, 5.74) is 3.44. The monoisotopic (exact) mass is 226 g/mol. The first kappa shape index (κ1) is 11.3. The second kappa shape index (κ2) is 4.75. The second-order valence-electron chi connectivity index (χ2n) is 3.78. The highest BCUT2D eigenvalue weighted by Gasteiger charge is 2.03. The van der Waals surface area contributed by atoms with Gasteiger partial charge < -0.3 is 0 Å². The Morgan fingerprint density at radius 1 is 1.18 bits per heavy atom. The van der Waals surface area contributed by atoms with E-state index in [1.807, 2.05) is 19.1 Å². The standard InChI is InChI=1S/C14H11FN2/c1-10-11(8-9-16)4-7-14(17-10)12-2-5-13(15)6-3-12/h2-7H,8H2,1H3. The molecule has 0 atom stereocenters. The van der Waals surface area contributed by atoms with E-state index in [-0.39, 0.29) is 5.82 Å². The van der Waals surface area contributed by atoms with Gasteiger partial charge in [-0.05, 0) is 42.8 Å². The summed E-state index contributed by atoms with van der Waals surface area (Å²) >= 11 is 0. The summed E-state index contributed by atoms with van der Waals surface area (Å²) in [6.45, 7) is 1.87. The van der Waals surface area contributed by atoms with Crippen molar-refractivity contribution < 1.29 is 4.39 Å². The van der Waals surface area contributed by atoms with Crippen molar-refractivity contribution >= 4 is 0 Å². The molecule has 0 saturated heterocycles. The van der Waals surface area contributed by atoms with Crippen LogP contribution in [0.4, 0.5) is 4.39 Å².